The van der Waals surface area contributed by atoms with Crippen molar-refractivity contribution in [2.24, 2.45) is 5.92 Å². The summed E-state index contributed by atoms with van der Waals surface area (Å²) in [5, 5.41) is 0. The molecule has 1 heterocycles. The van der Waals surface area contributed by atoms with Crippen molar-refractivity contribution in [2.75, 3.05) is 20.1 Å². The zero-order chi connectivity index (χ0) is 9.19. The average Bonchev–Trinajstić information content (AvgIpc) is 2.11. The van der Waals surface area contributed by atoms with Gasteiger partial charge in [-0.25, -0.2) is 0 Å². The molecule has 1 atom stereocenters. The quantitative estimate of drug-likeness (QED) is 0.554. The van der Waals surface area contributed by atoms with Crippen molar-refractivity contribution in [3.63, 3.8) is 0 Å². The van der Waals surface area contributed by atoms with Crippen LogP contribution in [0, 0.1) is 5.92 Å². The van der Waals surface area contributed by atoms with Crippen LogP contribution in [0.5, 0.6) is 0 Å². The summed E-state index contributed by atoms with van der Waals surface area (Å²) in [5.74, 6) is -1.07. The fraction of sp³-hybridized carbons (Fsp3) is 1.00. The van der Waals surface area contributed by atoms with Crippen LogP contribution in [0.25, 0.3) is 0 Å². The predicted octanol–water partition coefficient (Wildman–Crippen LogP) is 2.28. The lowest BCUT2D eigenvalue weighted by atomic mass is 10.0. The number of alkyl halides is 3. The van der Waals surface area contributed by atoms with Gasteiger partial charge in [0.25, 0.3) is 0 Å². The van der Waals surface area contributed by atoms with E-state index in [-0.39, 0.29) is 6.42 Å². The molecule has 4 heteroatoms. The van der Waals surface area contributed by atoms with Crippen LogP contribution in [0.1, 0.15) is 19.3 Å². The first-order chi connectivity index (χ1) is 5.50. The van der Waals surface area contributed by atoms with Gasteiger partial charge < -0.3 is 4.90 Å². The Morgan fingerprint density at radius 3 is 2.42 bits per heavy atom. The van der Waals surface area contributed by atoms with E-state index in [9.17, 15) is 13.2 Å². The summed E-state index contributed by atoms with van der Waals surface area (Å²) in [6, 6.07) is 0. The normalized spacial score (nSPS) is 28.5. The second-order valence-electron chi connectivity index (χ2n) is 3.47. The second kappa shape index (κ2) is 3.64. The largest absolute Gasteiger partial charge is 0.391 e. The van der Waals surface area contributed by atoms with Gasteiger partial charge in [0.2, 0.25) is 0 Å². The molecule has 1 aliphatic rings. The lowest BCUT2D eigenvalue weighted by molar-refractivity contribution is -0.177. The molecule has 0 amide bonds. The Kier molecular flexibility index (Phi) is 2.99. The van der Waals surface area contributed by atoms with E-state index >= 15 is 0 Å². The molecule has 0 N–H and O–H groups in total. The van der Waals surface area contributed by atoms with Crippen molar-refractivity contribution in [3.8, 4) is 0 Å². The van der Waals surface area contributed by atoms with Gasteiger partial charge in [-0.3, -0.25) is 0 Å². The van der Waals surface area contributed by atoms with E-state index in [1.165, 1.54) is 0 Å². The Morgan fingerprint density at radius 1 is 1.17 bits per heavy atom. The van der Waals surface area contributed by atoms with Crippen molar-refractivity contribution >= 4 is 0 Å². The van der Waals surface area contributed by atoms with Gasteiger partial charge >= 0.3 is 6.18 Å². The molecule has 1 fully saturated rings. The topological polar surface area (TPSA) is 3.24 Å². The Balaban J connectivity index is 2.46. The molecule has 0 bridgehead atoms. The number of likely N-dealkylation sites (tertiary alicyclic amines) is 1. The number of nitrogens with zero attached hydrogens (tertiary/aromatic N) is 1. The van der Waals surface area contributed by atoms with Crippen LogP contribution in [0.4, 0.5) is 13.2 Å². The first kappa shape index (κ1) is 9.84. The highest BCUT2D eigenvalue weighted by Crippen LogP contribution is 2.33. The van der Waals surface area contributed by atoms with Crippen molar-refractivity contribution in [1.29, 1.82) is 0 Å². The summed E-state index contributed by atoms with van der Waals surface area (Å²) in [5.41, 5.74) is 0. The molecule has 0 saturated carbocycles. The van der Waals surface area contributed by atoms with E-state index in [0.717, 1.165) is 6.54 Å². The van der Waals surface area contributed by atoms with Crippen LogP contribution in [0.3, 0.4) is 0 Å². The fourth-order valence-electron chi connectivity index (χ4n) is 1.57. The zero-order valence-electron chi connectivity index (χ0n) is 7.19. The molecule has 1 aliphatic heterocycles. The fourth-order valence-corrected chi connectivity index (χ4v) is 1.57. The van der Waals surface area contributed by atoms with Crippen molar-refractivity contribution in [2.45, 2.75) is 25.4 Å². The third-order valence-corrected chi connectivity index (χ3v) is 2.41. The van der Waals surface area contributed by atoms with Crippen LogP contribution >= 0.6 is 0 Å². The first-order valence-corrected chi connectivity index (χ1v) is 4.25. The van der Waals surface area contributed by atoms with Gasteiger partial charge in [-0.05, 0) is 39.4 Å². The summed E-state index contributed by atoms with van der Waals surface area (Å²) in [4.78, 5) is 1.96. The predicted molar refractivity (Wildman–Crippen MR) is 40.9 cm³/mol. The number of hydrogen-bond donors (Lipinski definition) is 0. The third kappa shape index (κ3) is 2.66. The number of hydrogen-bond acceptors (Lipinski definition) is 1. The second-order valence-corrected chi connectivity index (χ2v) is 3.47. The Hall–Kier alpha value is -0.250. The Morgan fingerprint density at radius 2 is 1.83 bits per heavy atom. The minimum atomic E-state index is -3.98. The van der Waals surface area contributed by atoms with Gasteiger partial charge in [0.1, 0.15) is 0 Å². The SMILES string of the molecule is CN1CCC[C@@H](C(F)(F)F)CC1. The lowest BCUT2D eigenvalue weighted by Crippen LogP contribution is -2.24. The summed E-state index contributed by atoms with van der Waals surface area (Å²) >= 11 is 0. The molecule has 0 spiro atoms. The van der Waals surface area contributed by atoms with Gasteiger partial charge in [0.15, 0.2) is 0 Å². The van der Waals surface area contributed by atoms with Gasteiger partial charge in [-0.15, -0.1) is 0 Å². The van der Waals surface area contributed by atoms with E-state index in [2.05, 4.69) is 0 Å². The van der Waals surface area contributed by atoms with Crippen LogP contribution < -0.4 is 0 Å². The molecule has 0 aromatic carbocycles. The summed E-state index contributed by atoms with van der Waals surface area (Å²) in [7, 11) is 1.87. The monoisotopic (exact) mass is 181 g/mol. The first-order valence-electron chi connectivity index (χ1n) is 4.25. The van der Waals surface area contributed by atoms with E-state index in [0.29, 0.717) is 19.4 Å². The van der Waals surface area contributed by atoms with Crippen LogP contribution in [-0.4, -0.2) is 31.2 Å². The molecule has 0 radical (unpaired) electrons. The van der Waals surface area contributed by atoms with E-state index in [1.807, 2.05) is 11.9 Å². The Labute approximate surface area is 70.5 Å². The molecule has 1 nitrogen and oxygen atoms in total. The lowest BCUT2D eigenvalue weighted by Gasteiger charge is -2.17. The van der Waals surface area contributed by atoms with E-state index < -0.39 is 12.1 Å². The number of halogens is 3. The molecule has 72 valence electrons. The molecule has 1 rings (SSSR count). The number of rotatable bonds is 0. The minimum absolute atomic E-state index is 0.264. The summed E-state index contributed by atoms with van der Waals surface area (Å²) in [6.07, 6.45) is -2.75. The van der Waals surface area contributed by atoms with Crippen LogP contribution in [0.15, 0.2) is 0 Å². The van der Waals surface area contributed by atoms with Crippen molar-refractivity contribution in [1.82, 2.24) is 4.90 Å². The molecule has 12 heavy (non-hydrogen) atoms. The molecule has 0 aromatic rings. The summed E-state index contributed by atoms with van der Waals surface area (Å²) in [6.45, 7) is 1.37. The van der Waals surface area contributed by atoms with Gasteiger partial charge in [0, 0.05) is 0 Å². The third-order valence-electron chi connectivity index (χ3n) is 2.41. The van der Waals surface area contributed by atoms with E-state index in [1.54, 1.807) is 0 Å². The molecular formula is C8H14F3N. The molecular weight excluding hydrogens is 167 g/mol. The molecule has 0 unspecified atom stereocenters. The maximum atomic E-state index is 12.2. The minimum Gasteiger partial charge on any atom is -0.306 e. The smallest absolute Gasteiger partial charge is 0.306 e. The maximum absolute atomic E-state index is 12.2. The standard InChI is InChI=1S/C8H14F3N/c1-12-5-2-3-7(4-6-12)8(9,10)11/h7H,2-6H2,1H3/t7-/m1/s1. The average molecular weight is 181 g/mol. The summed E-state index contributed by atoms with van der Waals surface area (Å²) < 4.78 is 36.7. The Bertz CT molecular complexity index is 144. The highest BCUT2D eigenvalue weighted by atomic mass is 19.4. The van der Waals surface area contributed by atoms with E-state index in [4.69, 9.17) is 0 Å². The van der Waals surface area contributed by atoms with Gasteiger partial charge in [-0.1, -0.05) is 0 Å². The van der Waals surface area contributed by atoms with Gasteiger partial charge in [0.05, 0.1) is 5.92 Å². The van der Waals surface area contributed by atoms with Crippen LogP contribution in [0.2, 0.25) is 0 Å². The van der Waals surface area contributed by atoms with Crippen LogP contribution in [-0.2, 0) is 0 Å². The van der Waals surface area contributed by atoms with Crippen molar-refractivity contribution in [3.05, 3.63) is 0 Å². The maximum Gasteiger partial charge on any atom is 0.391 e. The molecule has 0 aromatic heterocycles. The van der Waals surface area contributed by atoms with Crippen molar-refractivity contribution < 1.29 is 13.2 Å². The van der Waals surface area contributed by atoms with Gasteiger partial charge in [-0.2, -0.15) is 13.2 Å². The molecule has 0 aliphatic carbocycles. The highest BCUT2D eigenvalue weighted by Gasteiger charge is 2.39. The molecule has 1 saturated heterocycles. The zero-order valence-corrected chi connectivity index (χ0v) is 7.19. The highest BCUT2D eigenvalue weighted by molar-refractivity contribution is 4.73.